The molecule has 21 heavy (non-hydrogen) atoms. The van der Waals surface area contributed by atoms with Gasteiger partial charge in [-0.1, -0.05) is 44.2 Å². The number of rotatable bonds is 4. The number of fused-ring (bicyclic) bond motifs is 1. The molecule has 1 aromatic carbocycles. The van der Waals surface area contributed by atoms with E-state index in [2.05, 4.69) is 71.5 Å². The molecule has 2 unspecified atom stereocenters. The second-order valence-corrected chi connectivity index (χ2v) is 8.69. The Morgan fingerprint density at radius 2 is 2.00 bits per heavy atom. The summed E-state index contributed by atoms with van der Waals surface area (Å²) in [6.45, 7) is 4.61. The number of halogens is 1. The van der Waals surface area contributed by atoms with Crippen LogP contribution in [0.4, 0.5) is 0 Å². The molecule has 1 aliphatic carbocycles. The molecule has 1 aromatic heterocycles. The molecule has 1 N–H and O–H groups in total. The van der Waals surface area contributed by atoms with Crippen molar-refractivity contribution in [2.75, 3.05) is 0 Å². The SMILES string of the molecule is CC(C)C(NC1CCCc2sc(Br)cc21)c1ccccc1. The molecule has 1 nitrogen and oxygen atoms in total. The van der Waals surface area contributed by atoms with Crippen LogP contribution >= 0.6 is 27.3 Å². The summed E-state index contributed by atoms with van der Waals surface area (Å²) >= 11 is 5.55. The van der Waals surface area contributed by atoms with E-state index in [1.165, 1.54) is 34.2 Å². The average molecular weight is 364 g/mol. The summed E-state index contributed by atoms with van der Waals surface area (Å²) in [4.78, 5) is 1.56. The van der Waals surface area contributed by atoms with Gasteiger partial charge in [-0.25, -0.2) is 0 Å². The van der Waals surface area contributed by atoms with Crippen LogP contribution in [-0.4, -0.2) is 0 Å². The molecule has 3 heteroatoms. The zero-order valence-electron chi connectivity index (χ0n) is 12.6. The van der Waals surface area contributed by atoms with Gasteiger partial charge in [-0.05, 0) is 58.3 Å². The van der Waals surface area contributed by atoms with Gasteiger partial charge in [-0.3, -0.25) is 0 Å². The highest BCUT2D eigenvalue weighted by atomic mass is 79.9. The van der Waals surface area contributed by atoms with Crippen LogP contribution < -0.4 is 5.32 Å². The first kappa shape index (κ1) is 15.3. The van der Waals surface area contributed by atoms with Crippen LogP contribution in [0.3, 0.4) is 0 Å². The lowest BCUT2D eigenvalue weighted by molar-refractivity contribution is 0.340. The third-order valence-electron chi connectivity index (χ3n) is 4.29. The Balaban J connectivity index is 1.84. The van der Waals surface area contributed by atoms with Crippen molar-refractivity contribution < 1.29 is 0 Å². The van der Waals surface area contributed by atoms with E-state index in [1.54, 1.807) is 4.88 Å². The zero-order valence-corrected chi connectivity index (χ0v) is 15.0. The van der Waals surface area contributed by atoms with Gasteiger partial charge in [0, 0.05) is 17.0 Å². The highest BCUT2D eigenvalue weighted by Gasteiger charge is 2.26. The summed E-state index contributed by atoms with van der Waals surface area (Å²) < 4.78 is 1.27. The summed E-state index contributed by atoms with van der Waals surface area (Å²) in [6, 6.07) is 14.1. The Labute approximate surface area is 139 Å². The monoisotopic (exact) mass is 363 g/mol. The quantitative estimate of drug-likeness (QED) is 0.715. The Morgan fingerprint density at radius 3 is 2.71 bits per heavy atom. The van der Waals surface area contributed by atoms with Gasteiger partial charge >= 0.3 is 0 Å². The molecule has 2 atom stereocenters. The van der Waals surface area contributed by atoms with Crippen LogP contribution in [0, 0.1) is 5.92 Å². The van der Waals surface area contributed by atoms with Crippen molar-refractivity contribution >= 4 is 27.3 Å². The molecule has 1 heterocycles. The summed E-state index contributed by atoms with van der Waals surface area (Å²) in [5, 5.41) is 3.93. The van der Waals surface area contributed by atoms with Crippen LogP contribution in [0.15, 0.2) is 40.2 Å². The zero-order chi connectivity index (χ0) is 14.8. The number of nitrogens with one attached hydrogen (secondary N) is 1. The molecule has 0 amide bonds. The minimum absolute atomic E-state index is 0.417. The second-order valence-electron chi connectivity index (χ2n) is 6.17. The second kappa shape index (κ2) is 6.64. The number of benzene rings is 1. The Hall–Kier alpha value is -0.640. The van der Waals surface area contributed by atoms with Gasteiger partial charge < -0.3 is 5.32 Å². The van der Waals surface area contributed by atoms with Gasteiger partial charge in [0.1, 0.15) is 0 Å². The normalized spacial score (nSPS) is 19.5. The van der Waals surface area contributed by atoms with Crippen molar-refractivity contribution in [2.45, 2.75) is 45.2 Å². The van der Waals surface area contributed by atoms with Crippen molar-refractivity contribution in [1.29, 1.82) is 0 Å². The van der Waals surface area contributed by atoms with E-state index >= 15 is 0 Å². The smallest absolute Gasteiger partial charge is 0.0704 e. The Kier molecular flexibility index (Phi) is 4.82. The molecule has 1 aliphatic rings. The van der Waals surface area contributed by atoms with Crippen molar-refractivity contribution in [3.63, 3.8) is 0 Å². The third-order valence-corrected chi connectivity index (χ3v) is 6.00. The van der Waals surface area contributed by atoms with Gasteiger partial charge in [-0.2, -0.15) is 0 Å². The molecule has 0 saturated carbocycles. The average Bonchev–Trinajstić information content (AvgIpc) is 2.86. The molecular formula is C18H22BrNS. The summed E-state index contributed by atoms with van der Waals surface area (Å²) in [6.07, 6.45) is 3.77. The molecule has 3 rings (SSSR count). The minimum Gasteiger partial charge on any atom is -0.303 e. The Bertz CT molecular complexity index is 591. The van der Waals surface area contributed by atoms with E-state index in [9.17, 15) is 0 Å². The fourth-order valence-electron chi connectivity index (χ4n) is 3.25. The summed E-state index contributed by atoms with van der Waals surface area (Å²) in [5.74, 6) is 0.583. The highest BCUT2D eigenvalue weighted by Crippen LogP contribution is 2.39. The van der Waals surface area contributed by atoms with Crippen molar-refractivity contribution in [3.05, 3.63) is 56.2 Å². The number of thiophene rings is 1. The first-order valence-electron chi connectivity index (χ1n) is 7.74. The fourth-order valence-corrected chi connectivity index (χ4v) is 5.06. The van der Waals surface area contributed by atoms with Crippen molar-refractivity contribution in [3.8, 4) is 0 Å². The maximum atomic E-state index is 3.93. The van der Waals surface area contributed by atoms with Crippen LogP contribution in [0.1, 0.15) is 54.8 Å². The summed E-state index contributed by atoms with van der Waals surface area (Å²) in [5.41, 5.74) is 2.91. The first-order valence-corrected chi connectivity index (χ1v) is 9.35. The summed E-state index contributed by atoms with van der Waals surface area (Å²) in [7, 11) is 0. The maximum absolute atomic E-state index is 3.93. The first-order chi connectivity index (χ1) is 10.1. The van der Waals surface area contributed by atoms with Gasteiger partial charge in [-0.15, -0.1) is 11.3 Å². The van der Waals surface area contributed by atoms with Gasteiger partial charge in [0.25, 0.3) is 0 Å². The molecule has 0 spiro atoms. The van der Waals surface area contributed by atoms with Gasteiger partial charge in [0.2, 0.25) is 0 Å². The topological polar surface area (TPSA) is 12.0 Å². The molecule has 112 valence electrons. The predicted molar refractivity (Wildman–Crippen MR) is 94.9 cm³/mol. The van der Waals surface area contributed by atoms with Crippen LogP contribution in [-0.2, 0) is 6.42 Å². The maximum Gasteiger partial charge on any atom is 0.0704 e. The molecule has 0 bridgehead atoms. The van der Waals surface area contributed by atoms with Crippen molar-refractivity contribution in [2.24, 2.45) is 5.92 Å². The highest BCUT2D eigenvalue weighted by molar-refractivity contribution is 9.11. The molecule has 0 fully saturated rings. The minimum atomic E-state index is 0.417. The standard InChI is InChI=1S/C18H22BrNS/c1-12(2)18(13-7-4-3-5-8-13)20-15-9-6-10-16-14(15)11-17(19)21-16/h3-5,7-8,11-12,15,18,20H,6,9-10H2,1-2H3. The largest absolute Gasteiger partial charge is 0.303 e. The van der Waals surface area contributed by atoms with E-state index in [0.717, 1.165) is 0 Å². The molecule has 2 aromatic rings. The van der Waals surface area contributed by atoms with E-state index < -0.39 is 0 Å². The third kappa shape index (κ3) is 3.41. The molecule has 0 radical (unpaired) electrons. The molecular weight excluding hydrogens is 342 g/mol. The lowest BCUT2D eigenvalue weighted by Gasteiger charge is -2.31. The molecule has 0 saturated heterocycles. The van der Waals surface area contributed by atoms with Crippen LogP contribution in [0.5, 0.6) is 0 Å². The Morgan fingerprint density at radius 1 is 1.24 bits per heavy atom. The fraction of sp³-hybridized carbons (Fsp3) is 0.444. The number of hydrogen-bond acceptors (Lipinski definition) is 2. The number of hydrogen-bond donors (Lipinski definition) is 1. The van der Waals surface area contributed by atoms with Gasteiger partial charge in [0.15, 0.2) is 0 Å². The van der Waals surface area contributed by atoms with E-state index in [4.69, 9.17) is 0 Å². The van der Waals surface area contributed by atoms with Crippen LogP contribution in [0.25, 0.3) is 0 Å². The van der Waals surface area contributed by atoms with E-state index in [-0.39, 0.29) is 0 Å². The molecule has 0 aliphatic heterocycles. The number of aryl methyl sites for hydroxylation is 1. The van der Waals surface area contributed by atoms with E-state index in [0.29, 0.717) is 18.0 Å². The van der Waals surface area contributed by atoms with Gasteiger partial charge in [0.05, 0.1) is 3.79 Å². The van der Waals surface area contributed by atoms with Crippen molar-refractivity contribution in [1.82, 2.24) is 5.32 Å². The van der Waals surface area contributed by atoms with Crippen LogP contribution in [0.2, 0.25) is 0 Å². The predicted octanol–water partition coefficient (Wildman–Crippen LogP) is 5.87. The lowest BCUT2D eigenvalue weighted by Crippen LogP contribution is -2.31. The van der Waals surface area contributed by atoms with E-state index in [1.807, 2.05) is 11.3 Å². The lowest BCUT2D eigenvalue weighted by atomic mass is 9.90.